The van der Waals surface area contributed by atoms with Crippen molar-refractivity contribution in [1.29, 1.82) is 0 Å². The Bertz CT molecular complexity index is 202. The molecule has 0 aliphatic rings. The van der Waals surface area contributed by atoms with Gasteiger partial charge in [-0.05, 0) is 20.8 Å². The van der Waals surface area contributed by atoms with Gasteiger partial charge in [0.25, 0.3) is 0 Å². The summed E-state index contributed by atoms with van der Waals surface area (Å²) in [7, 11) is 0. The van der Waals surface area contributed by atoms with Gasteiger partial charge in [0.1, 0.15) is 6.04 Å². The fourth-order valence-electron chi connectivity index (χ4n) is 1.17. The van der Waals surface area contributed by atoms with E-state index in [1.54, 1.807) is 11.8 Å². The molecule has 0 radical (unpaired) electrons. The number of rotatable bonds is 5. The Morgan fingerprint density at radius 2 is 1.86 bits per heavy atom. The summed E-state index contributed by atoms with van der Waals surface area (Å²) in [5.41, 5.74) is 5.12. The molecular formula is C9H19N3O2. The summed E-state index contributed by atoms with van der Waals surface area (Å²) >= 11 is 0. The Balaban J connectivity index is 4.16. The van der Waals surface area contributed by atoms with Gasteiger partial charge in [-0.1, -0.05) is 0 Å². The van der Waals surface area contributed by atoms with E-state index in [0.29, 0.717) is 13.1 Å². The first kappa shape index (κ1) is 12.9. The van der Waals surface area contributed by atoms with E-state index in [1.165, 1.54) is 0 Å². The molecule has 5 heteroatoms. The van der Waals surface area contributed by atoms with Gasteiger partial charge in [0.2, 0.25) is 11.8 Å². The molecular weight excluding hydrogens is 182 g/mol. The lowest BCUT2D eigenvalue weighted by Crippen LogP contribution is -2.48. The maximum atomic E-state index is 11.6. The van der Waals surface area contributed by atoms with Crippen molar-refractivity contribution in [3.63, 3.8) is 0 Å². The van der Waals surface area contributed by atoms with Gasteiger partial charge in [-0.25, -0.2) is 0 Å². The maximum Gasteiger partial charge on any atom is 0.244 e. The number of hydrogen-bond acceptors (Lipinski definition) is 3. The van der Waals surface area contributed by atoms with Crippen LogP contribution in [0.15, 0.2) is 0 Å². The zero-order valence-corrected chi connectivity index (χ0v) is 9.04. The standard InChI is InChI=1S/C9H19N3O2/c1-4-12(5-2)9(14)7(3)11-8(13)6-10/h7H,4-6,10H2,1-3H3,(H,11,13). The van der Waals surface area contributed by atoms with Gasteiger partial charge in [-0.3, -0.25) is 9.59 Å². The molecule has 0 aromatic carbocycles. The van der Waals surface area contributed by atoms with E-state index in [-0.39, 0.29) is 18.4 Å². The van der Waals surface area contributed by atoms with E-state index in [0.717, 1.165) is 0 Å². The minimum absolute atomic E-state index is 0.0724. The number of nitrogens with zero attached hydrogens (tertiary/aromatic N) is 1. The Labute approximate surface area is 84.6 Å². The van der Waals surface area contributed by atoms with E-state index in [4.69, 9.17) is 5.73 Å². The number of amides is 2. The topological polar surface area (TPSA) is 75.4 Å². The minimum Gasteiger partial charge on any atom is -0.343 e. The second-order valence-corrected chi connectivity index (χ2v) is 3.00. The van der Waals surface area contributed by atoms with E-state index in [1.807, 2.05) is 13.8 Å². The van der Waals surface area contributed by atoms with Crippen LogP contribution in [0.3, 0.4) is 0 Å². The summed E-state index contributed by atoms with van der Waals surface area (Å²) in [4.78, 5) is 24.2. The van der Waals surface area contributed by atoms with Gasteiger partial charge in [0.05, 0.1) is 6.54 Å². The van der Waals surface area contributed by atoms with Gasteiger partial charge in [0, 0.05) is 13.1 Å². The highest BCUT2D eigenvalue weighted by Crippen LogP contribution is 1.94. The van der Waals surface area contributed by atoms with E-state index in [9.17, 15) is 9.59 Å². The Kier molecular flexibility index (Phi) is 5.87. The van der Waals surface area contributed by atoms with E-state index in [2.05, 4.69) is 5.32 Å². The van der Waals surface area contributed by atoms with Gasteiger partial charge in [0.15, 0.2) is 0 Å². The van der Waals surface area contributed by atoms with Gasteiger partial charge >= 0.3 is 0 Å². The van der Waals surface area contributed by atoms with Crippen LogP contribution >= 0.6 is 0 Å². The molecule has 1 atom stereocenters. The molecule has 0 spiro atoms. The molecule has 0 aliphatic heterocycles. The van der Waals surface area contributed by atoms with Crippen molar-refractivity contribution in [2.24, 2.45) is 5.73 Å². The molecule has 14 heavy (non-hydrogen) atoms. The van der Waals surface area contributed by atoms with Gasteiger partial charge in [-0.15, -0.1) is 0 Å². The van der Waals surface area contributed by atoms with Crippen molar-refractivity contribution < 1.29 is 9.59 Å². The summed E-state index contributed by atoms with van der Waals surface area (Å²) in [6, 6.07) is -0.494. The first-order valence-corrected chi connectivity index (χ1v) is 4.85. The predicted molar refractivity (Wildman–Crippen MR) is 54.6 cm³/mol. The molecule has 0 aromatic heterocycles. The van der Waals surface area contributed by atoms with Crippen LogP contribution in [0.5, 0.6) is 0 Å². The number of carbonyl (C=O) groups excluding carboxylic acids is 2. The normalized spacial score (nSPS) is 12.0. The van der Waals surface area contributed by atoms with Gasteiger partial charge < -0.3 is 16.0 Å². The van der Waals surface area contributed by atoms with Crippen molar-refractivity contribution in [2.45, 2.75) is 26.8 Å². The van der Waals surface area contributed by atoms with Crippen LogP contribution in [-0.4, -0.2) is 42.4 Å². The minimum atomic E-state index is -0.494. The molecule has 3 N–H and O–H groups in total. The molecule has 5 nitrogen and oxygen atoms in total. The van der Waals surface area contributed by atoms with Crippen molar-refractivity contribution in [3.05, 3.63) is 0 Å². The summed E-state index contributed by atoms with van der Waals surface area (Å²) in [6.07, 6.45) is 0. The first-order chi connectivity index (χ1) is 6.56. The average Bonchev–Trinajstić information content (AvgIpc) is 2.19. The van der Waals surface area contributed by atoms with Crippen LogP contribution in [0.4, 0.5) is 0 Å². The molecule has 0 heterocycles. The molecule has 2 amide bonds. The van der Waals surface area contributed by atoms with Crippen molar-refractivity contribution in [2.75, 3.05) is 19.6 Å². The Morgan fingerprint density at radius 1 is 1.36 bits per heavy atom. The molecule has 0 fully saturated rings. The smallest absolute Gasteiger partial charge is 0.244 e. The number of likely N-dealkylation sites (N-methyl/N-ethyl adjacent to an activating group) is 1. The Morgan fingerprint density at radius 3 is 2.21 bits per heavy atom. The second-order valence-electron chi connectivity index (χ2n) is 3.00. The highest BCUT2D eigenvalue weighted by Gasteiger charge is 2.18. The van der Waals surface area contributed by atoms with Crippen LogP contribution in [0.1, 0.15) is 20.8 Å². The lowest BCUT2D eigenvalue weighted by atomic mass is 10.2. The first-order valence-electron chi connectivity index (χ1n) is 4.85. The van der Waals surface area contributed by atoms with Crippen LogP contribution in [0, 0.1) is 0 Å². The SMILES string of the molecule is CCN(CC)C(=O)C(C)NC(=O)CN. The molecule has 0 saturated heterocycles. The summed E-state index contributed by atoms with van der Waals surface area (Å²) in [5.74, 6) is -0.380. The molecule has 0 aromatic rings. The Hall–Kier alpha value is -1.10. The number of nitrogens with one attached hydrogen (secondary N) is 1. The summed E-state index contributed by atoms with van der Waals surface area (Å²) in [6.45, 7) is 6.68. The lowest BCUT2D eigenvalue weighted by molar-refractivity contribution is -0.135. The fourth-order valence-corrected chi connectivity index (χ4v) is 1.17. The van der Waals surface area contributed by atoms with Crippen molar-refractivity contribution in [1.82, 2.24) is 10.2 Å². The molecule has 0 bridgehead atoms. The molecule has 0 rings (SSSR count). The molecule has 82 valence electrons. The number of hydrogen-bond donors (Lipinski definition) is 2. The highest BCUT2D eigenvalue weighted by atomic mass is 16.2. The maximum absolute atomic E-state index is 11.6. The van der Waals surface area contributed by atoms with Crippen LogP contribution in [-0.2, 0) is 9.59 Å². The van der Waals surface area contributed by atoms with Crippen molar-refractivity contribution in [3.8, 4) is 0 Å². The lowest BCUT2D eigenvalue weighted by Gasteiger charge is -2.23. The van der Waals surface area contributed by atoms with Gasteiger partial charge in [-0.2, -0.15) is 0 Å². The third-order valence-electron chi connectivity index (χ3n) is 2.01. The largest absolute Gasteiger partial charge is 0.343 e. The summed E-state index contributed by atoms with van der Waals surface area (Å²) in [5, 5.41) is 2.52. The number of nitrogens with two attached hydrogens (primary N) is 1. The highest BCUT2D eigenvalue weighted by molar-refractivity contribution is 5.87. The zero-order valence-electron chi connectivity index (χ0n) is 9.04. The van der Waals surface area contributed by atoms with Crippen LogP contribution < -0.4 is 11.1 Å². The van der Waals surface area contributed by atoms with Crippen LogP contribution in [0.25, 0.3) is 0 Å². The van der Waals surface area contributed by atoms with Crippen molar-refractivity contribution >= 4 is 11.8 Å². The number of carbonyl (C=O) groups is 2. The molecule has 1 unspecified atom stereocenters. The molecule has 0 aliphatic carbocycles. The third kappa shape index (κ3) is 3.74. The van der Waals surface area contributed by atoms with E-state index >= 15 is 0 Å². The molecule has 0 saturated carbocycles. The zero-order chi connectivity index (χ0) is 11.1. The third-order valence-corrected chi connectivity index (χ3v) is 2.01. The summed E-state index contributed by atoms with van der Waals surface area (Å²) < 4.78 is 0. The monoisotopic (exact) mass is 201 g/mol. The fraction of sp³-hybridized carbons (Fsp3) is 0.778. The van der Waals surface area contributed by atoms with Crippen LogP contribution in [0.2, 0.25) is 0 Å². The predicted octanol–water partition coefficient (Wildman–Crippen LogP) is -0.682. The average molecular weight is 201 g/mol. The quantitative estimate of drug-likeness (QED) is 0.618. The van der Waals surface area contributed by atoms with E-state index < -0.39 is 6.04 Å². The second kappa shape index (κ2) is 6.37.